The van der Waals surface area contributed by atoms with Gasteiger partial charge in [0.1, 0.15) is 0 Å². The molecule has 236 valence electrons. The zero-order valence-corrected chi connectivity index (χ0v) is 27.3. The van der Waals surface area contributed by atoms with E-state index in [1.807, 2.05) is 28.0 Å². The van der Waals surface area contributed by atoms with E-state index >= 15 is 0 Å². The molecule has 0 saturated carbocycles. The van der Waals surface area contributed by atoms with Crippen LogP contribution in [0.5, 0.6) is 0 Å². The van der Waals surface area contributed by atoms with E-state index in [1.54, 1.807) is 11.8 Å². The van der Waals surface area contributed by atoms with Crippen molar-refractivity contribution in [2.45, 2.75) is 88.5 Å². The highest BCUT2D eigenvalue weighted by Crippen LogP contribution is 2.49. The van der Waals surface area contributed by atoms with Gasteiger partial charge in [-0.1, -0.05) is 69.3 Å². The van der Waals surface area contributed by atoms with E-state index in [0.29, 0.717) is 19.6 Å². The summed E-state index contributed by atoms with van der Waals surface area (Å²) in [5.41, 5.74) is 3.46. The van der Waals surface area contributed by atoms with Gasteiger partial charge in [0.25, 0.3) is 0 Å². The van der Waals surface area contributed by atoms with Crippen LogP contribution >= 0.6 is 11.8 Å². The van der Waals surface area contributed by atoms with E-state index < -0.39 is 0 Å². The van der Waals surface area contributed by atoms with E-state index in [9.17, 15) is 14.4 Å². The third-order valence-electron chi connectivity index (χ3n) is 9.85. The smallest absolute Gasteiger partial charge is 0.322 e. The number of urea groups is 1. The molecule has 44 heavy (non-hydrogen) atoms. The molecule has 4 amide bonds. The van der Waals surface area contributed by atoms with E-state index in [0.717, 1.165) is 69.5 Å². The molecule has 2 aromatic rings. The Hall–Kier alpha value is -3.04. The number of nitrogens with zero attached hydrogens (tertiary/aromatic N) is 4. The molecule has 2 aromatic carbocycles. The number of likely N-dealkylation sites (tertiary alicyclic amines) is 2. The number of piperidine rings is 2. The third-order valence-corrected chi connectivity index (χ3v) is 11.6. The van der Waals surface area contributed by atoms with Crippen LogP contribution in [0.1, 0.15) is 70.4 Å². The van der Waals surface area contributed by atoms with Crippen molar-refractivity contribution in [2.75, 3.05) is 38.0 Å². The van der Waals surface area contributed by atoms with Crippen molar-refractivity contribution in [2.24, 2.45) is 5.41 Å². The van der Waals surface area contributed by atoms with E-state index in [2.05, 4.69) is 72.3 Å². The van der Waals surface area contributed by atoms with Crippen molar-refractivity contribution in [1.82, 2.24) is 19.6 Å². The van der Waals surface area contributed by atoms with Crippen molar-refractivity contribution in [3.05, 3.63) is 65.7 Å². The standard InChI is InChI=1S/C35H47N5O3S/c1-34(2,3)15-22-40-32(42)30(44-35(40)16-20-37(21-17-35)24-26-9-5-4-6-10-26)23-31(41)38-18-13-28(14-19-38)39-25-27-11-7-8-12-29(27)36-33(39)43/h4-12,28,30H,13-25H2,1-3H3,(H,36,43). The van der Waals surface area contributed by atoms with Gasteiger partial charge in [-0.05, 0) is 54.7 Å². The number of thioether (sulfide) groups is 1. The maximum Gasteiger partial charge on any atom is 0.322 e. The molecule has 3 fully saturated rings. The number of benzene rings is 2. The highest BCUT2D eigenvalue weighted by Gasteiger charge is 2.53. The minimum absolute atomic E-state index is 0.0584. The predicted octanol–water partition coefficient (Wildman–Crippen LogP) is 5.79. The Balaban J connectivity index is 1.06. The maximum atomic E-state index is 14.0. The Morgan fingerprint density at radius 3 is 2.34 bits per heavy atom. The van der Waals surface area contributed by atoms with E-state index in [4.69, 9.17) is 0 Å². The predicted molar refractivity (Wildman–Crippen MR) is 176 cm³/mol. The number of rotatable bonds is 7. The summed E-state index contributed by atoms with van der Waals surface area (Å²) < 4.78 is 0. The van der Waals surface area contributed by atoms with Crippen LogP contribution in [0.15, 0.2) is 54.6 Å². The first-order valence-electron chi connectivity index (χ1n) is 16.3. The summed E-state index contributed by atoms with van der Waals surface area (Å²) in [4.78, 5) is 48.6. The first-order chi connectivity index (χ1) is 21.1. The van der Waals surface area contributed by atoms with Crippen molar-refractivity contribution in [3.8, 4) is 0 Å². The molecule has 4 aliphatic heterocycles. The van der Waals surface area contributed by atoms with Crippen LogP contribution in [0.25, 0.3) is 0 Å². The number of hydrogen-bond acceptors (Lipinski definition) is 5. The molecule has 1 atom stereocenters. The molecule has 9 heteroatoms. The van der Waals surface area contributed by atoms with E-state index in [-0.39, 0.29) is 45.8 Å². The SMILES string of the molecule is CC(C)(C)CCN1C(=O)C(CC(=O)N2CCC(N3Cc4ccccc4NC3=O)CC2)SC12CCN(Cc1ccccc1)CC2. The molecule has 1 unspecified atom stereocenters. The van der Waals surface area contributed by atoms with Crippen LogP contribution in [-0.4, -0.2) is 86.3 Å². The number of hydrogen-bond donors (Lipinski definition) is 1. The molecule has 3 saturated heterocycles. The van der Waals surface area contributed by atoms with Crippen LogP contribution in [0.3, 0.4) is 0 Å². The normalized spacial score (nSPS) is 22.8. The molecule has 4 aliphatic rings. The zero-order chi connectivity index (χ0) is 30.9. The number of amides is 4. The summed E-state index contributed by atoms with van der Waals surface area (Å²) in [5, 5.41) is 2.69. The number of anilines is 1. The Bertz CT molecular complexity index is 1350. The van der Waals surface area contributed by atoms with Gasteiger partial charge < -0.3 is 20.0 Å². The minimum Gasteiger partial charge on any atom is -0.342 e. The summed E-state index contributed by atoms with van der Waals surface area (Å²) in [6.45, 7) is 12.1. The van der Waals surface area contributed by atoms with Crippen LogP contribution < -0.4 is 5.32 Å². The minimum atomic E-state index is -0.328. The second-order valence-electron chi connectivity index (χ2n) is 14.1. The second kappa shape index (κ2) is 12.8. The Kier molecular flexibility index (Phi) is 8.98. The van der Waals surface area contributed by atoms with Crippen LogP contribution in [-0.2, 0) is 22.7 Å². The average Bonchev–Trinajstić information content (AvgIpc) is 3.26. The lowest BCUT2D eigenvalue weighted by molar-refractivity contribution is -0.138. The molecule has 1 N–H and O–H groups in total. The van der Waals surface area contributed by atoms with Gasteiger partial charge >= 0.3 is 6.03 Å². The largest absolute Gasteiger partial charge is 0.342 e. The van der Waals surface area contributed by atoms with Gasteiger partial charge in [0, 0.05) is 64.0 Å². The fourth-order valence-electron chi connectivity index (χ4n) is 7.17. The average molecular weight is 618 g/mol. The summed E-state index contributed by atoms with van der Waals surface area (Å²) in [7, 11) is 0. The molecule has 0 radical (unpaired) electrons. The lowest BCUT2D eigenvalue weighted by Crippen LogP contribution is -2.52. The highest BCUT2D eigenvalue weighted by molar-refractivity contribution is 8.02. The Labute approximate surface area is 266 Å². The van der Waals surface area contributed by atoms with Crippen molar-refractivity contribution < 1.29 is 14.4 Å². The topological polar surface area (TPSA) is 76.2 Å². The molecule has 0 aliphatic carbocycles. The molecule has 1 spiro atoms. The second-order valence-corrected chi connectivity index (χ2v) is 15.7. The molecule has 6 rings (SSSR count). The third kappa shape index (κ3) is 6.79. The number of carbonyl (C=O) groups is 3. The lowest BCUT2D eigenvalue weighted by atomic mass is 9.91. The molecule has 8 nitrogen and oxygen atoms in total. The van der Waals surface area contributed by atoms with Gasteiger partial charge in [0.15, 0.2) is 0 Å². The van der Waals surface area contributed by atoms with Gasteiger partial charge in [-0.3, -0.25) is 14.5 Å². The summed E-state index contributed by atoms with van der Waals surface area (Å²) in [6.07, 6.45) is 4.57. The molecule has 0 bridgehead atoms. The van der Waals surface area contributed by atoms with Gasteiger partial charge in [0.2, 0.25) is 11.8 Å². The molecular weight excluding hydrogens is 570 g/mol. The van der Waals surface area contributed by atoms with Crippen molar-refractivity contribution in [3.63, 3.8) is 0 Å². The summed E-state index contributed by atoms with van der Waals surface area (Å²) >= 11 is 1.76. The number of para-hydroxylation sites is 1. The Morgan fingerprint density at radius 2 is 1.64 bits per heavy atom. The molecule has 4 heterocycles. The quantitative estimate of drug-likeness (QED) is 0.426. The van der Waals surface area contributed by atoms with Crippen LogP contribution in [0.4, 0.5) is 10.5 Å². The monoisotopic (exact) mass is 617 g/mol. The van der Waals surface area contributed by atoms with Crippen molar-refractivity contribution in [1.29, 1.82) is 0 Å². The number of fused-ring (bicyclic) bond motifs is 1. The van der Waals surface area contributed by atoms with Gasteiger partial charge in [0.05, 0.1) is 10.1 Å². The first kappa shape index (κ1) is 31.0. The highest BCUT2D eigenvalue weighted by atomic mass is 32.2. The fraction of sp³-hybridized carbons (Fsp3) is 0.571. The molecular formula is C35H47N5O3S. The summed E-state index contributed by atoms with van der Waals surface area (Å²) in [5.74, 6) is 0.208. The zero-order valence-electron chi connectivity index (χ0n) is 26.5. The first-order valence-corrected chi connectivity index (χ1v) is 17.2. The van der Waals surface area contributed by atoms with Gasteiger partial charge in [-0.25, -0.2) is 4.79 Å². The van der Waals surface area contributed by atoms with Crippen LogP contribution in [0.2, 0.25) is 0 Å². The van der Waals surface area contributed by atoms with Gasteiger partial charge in [-0.15, -0.1) is 11.8 Å². The maximum absolute atomic E-state index is 14.0. The van der Waals surface area contributed by atoms with E-state index in [1.165, 1.54) is 5.56 Å². The van der Waals surface area contributed by atoms with Crippen LogP contribution in [0, 0.1) is 5.41 Å². The molecule has 0 aromatic heterocycles. The Morgan fingerprint density at radius 1 is 0.955 bits per heavy atom. The fourth-order valence-corrected chi connectivity index (χ4v) is 8.88. The van der Waals surface area contributed by atoms with Gasteiger partial charge in [-0.2, -0.15) is 0 Å². The summed E-state index contributed by atoms with van der Waals surface area (Å²) in [6, 6.07) is 18.6. The lowest BCUT2D eigenvalue weighted by Gasteiger charge is -2.44. The number of carbonyl (C=O) groups excluding carboxylic acids is 3. The van der Waals surface area contributed by atoms with Crippen molar-refractivity contribution >= 4 is 35.3 Å². The number of nitrogens with one attached hydrogen (secondary N) is 1.